The second-order valence-corrected chi connectivity index (χ2v) is 6.90. The fraction of sp³-hybridized carbons (Fsp3) is 0.350. The van der Waals surface area contributed by atoms with Crippen LogP contribution in [0, 0.1) is 6.92 Å². The number of rotatable bonds is 4. The average molecular weight is 342 g/mol. The number of carbonyl (C=O) groups is 1. The van der Waals surface area contributed by atoms with E-state index in [9.17, 15) is 4.79 Å². The van der Waals surface area contributed by atoms with Crippen molar-refractivity contribution in [2.75, 3.05) is 24.9 Å². The molecule has 134 valence electrons. The van der Waals surface area contributed by atoms with Crippen molar-refractivity contribution in [3.63, 3.8) is 0 Å². The number of benzene rings is 2. The molecule has 0 spiro atoms. The third kappa shape index (κ3) is 4.44. The van der Waals surface area contributed by atoms with E-state index in [1.165, 1.54) is 0 Å². The number of aryl methyl sites for hydroxylation is 1. The molecule has 25 heavy (non-hydrogen) atoms. The minimum atomic E-state index is -0.299. The van der Waals surface area contributed by atoms with E-state index in [0.29, 0.717) is 17.2 Å². The van der Waals surface area contributed by atoms with Gasteiger partial charge in [0.2, 0.25) is 0 Å². The maximum absolute atomic E-state index is 12.5. The summed E-state index contributed by atoms with van der Waals surface area (Å²) in [6.07, 6.45) is 0. The third-order valence-electron chi connectivity index (χ3n) is 3.96. The minimum absolute atomic E-state index is 0.0715. The molecule has 0 fully saturated rings. The maximum Gasteiger partial charge on any atom is 0.323 e. The van der Waals surface area contributed by atoms with Crippen molar-refractivity contribution < 1.29 is 14.3 Å². The lowest BCUT2D eigenvalue weighted by atomic mass is 9.84. The van der Waals surface area contributed by atoms with Gasteiger partial charge < -0.3 is 20.1 Å². The van der Waals surface area contributed by atoms with Crippen molar-refractivity contribution in [2.45, 2.75) is 33.1 Å². The van der Waals surface area contributed by atoms with Crippen molar-refractivity contribution in [1.82, 2.24) is 0 Å². The summed E-state index contributed by atoms with van der Waals surface area (Å²) in [5, 5.41) is 5.81. The van der Waals surface area contributed by atoms with Gasteiger partial charge in [-0.3, -0.25) is 0 Å². The maximum atomic E-state index is 12.5. The molecule has 2 amide bonds. The summed E-state index contributed by atoms with van der Waals surface area (Å²) < 4.78 is 10.5. The van der Waals surface area contributed by atoms with Crippen LogP contribution in [0.4, 0.5) is 16.2 Å². The molecule has 0 radical (unpaired) electrons. The number of hydrogen-bond donors (Lipinski definition) is 2. The fourth-order valence-electron chi connectivity index (χ4n) is 2.65. The Kier molecular flexibility index (Phi) is 5.57. The highest BCUT2D eigenvalue weighted by Gasteiger charge is 2.20. The second kappa shape index (κ2) is 7.47. The SMILES string of the molecule is COc1ccc(NC(=O)Nc2c(C)cccc2C(C)(C)C)cc1OC. The fourth-order valence-corrected chi connectivity index (χ4v) is 2.65. The van der Waals surface area contributed by atoms with E-state index in [2.05, 4.69) is 31.4 Å². The van der Waals surface area contributed by atoms with Gasteiger partial charge in [0.05, 0.1) is 14.2 Å². The number of urea groups is 1. The molecule has 0 aliphatic rings. The lowest BCUT2D eigenvalue weighted by Gasteiger charge is -2.24. The Morgan fingerprint density at radius 1 is 0.960 bits per heavy atom. The summed E-state index contributed by atoms with van der Waals surface area (Å²) in [5.74, 6) is 1.17. The first kappa shape index (κ1) is 18.6. The molecule has 0 heterocycles. The second-order valence-electron chi connectivity index (χ2n) is 6.90. The van der Waals surface area contributed by atoms with E-state index in [0.717, 1.165) is 16.8 Å². The summed E-state index contributed by atoms with van der Waals surface area (Å²) in [6.45, 7) is 8.36. The topological polar surface area (TPSA) is 59.6 Å². The smallest absolute Gasteiger partial charge is 0.323 e. The predicted molar refractivity (Wildman–Crippen MR) is 102 cm³/mol. The quantitative estimate of drug-likeness (QED) is 0.826. The highest BCUT2D eigenvalue weighted by molar-refractivity contribution is 6.01. The van der Waals surface area contributed by atoms with Crippen LogP contribution in [0.3, 0.4) is 0 Å². The van der Waals surface area contributed by atoms with Gasteiger partial charge >= 0.3 is 6.03 Å². The average Bonchev–Trinajstić information content (AvgIpc) is 2.55. The van der Waals surface area contributed by atoms with Crippen molar-refractivity contribution in [3.05, 3.63) is 47.5 Å². The molecule has 0 saturated carbocycles. The molecule has 0 saturated heterocycles. The van der Waals surface area contributed by atoms with Crippen LogP contribution in [0.5, 0.6) is 11.5 Å². The van der Waals surface area contributed by atoms with Gasteiger partial charge in [0.15, 0.2) is 11.5 Å². The first-order valence-corrected chi connectivity index (χ1v) is 8.16. The van der Waals surface area contributed by atoms with E-state index < -0.39 is 0 Å². The van der Waals surface area contributed by atoms with Gasteiger partial charge in [-0.25, -0.2) is 4.79 Å². The van der Waals surface area contributed by atoms with Gasteiger partial charge in [-0.1, -0.05) is 39.0 Å². The molecule has 2 N–H and O–H groups in total. The molecule has 0 aliphatic carbocycles. The van der Waals surface area contributed by atoms with Gasteiger partial charge in [-0.15, -0.1) is 0 Å². The lowest BCUT2D eigenvalue weighted by molar-refractivity contribution is 0.262. The molecule has 5 nitrogen and oxygen atoms in total. The standard InChI is InChI=1S/C20H26N2O3/c1-13-8-7-9-15(20(2,3)4)18(13)22-19(23)21-14-10-11-16(24-5)17(12-14)25-6/h7-12H,1-6H3,(H2,21,22,23). The van der Waals surface area contributed by atoms with Gasteiger partial charge in [-0.2, -0.15) is 0 Å². The van der Waals surface area contributed by atoms with Crippen molar-refractivity contribution in [2.24, 2.45) is 0 Å². The zero-order chi connectivity index (χ0) is 18.6. The summed E-state index contributed by atoms with van der Waals surface area (Å²) >= 11 is 0. The van der Waals surface area contributed by atoms with Crippen LogP contribution in [-0.2, 0) is 5.41 Å². The zero-order valence-electron chi connectivity index (χ0n) is 15.7. The highest BCUT2D eigenvalue weighted by atomic mass is 16.5. The normalized spacial score (nSPS) is 11.0. The number of carbonyl (C=O) groups excluding carboxylic acids is 1. The van der Waals surface area contributed by atoms with E-state index >= 15 is 0 Å². The van der Waals surface area contributed by atoms with E-state index in [1.807, 2.05) is 25.1 Å². The Bertz CT molecular complexity index is 764. The highest BCUT2D eigenvalue weighted by Crippen LogP contribution is 2.32. The molecule has 2 aromatic rings. The molecule has 0 unspecified atom stereocenters. The summed E-state index contributed by atoms with van der Waals surface area (Å²) in [4.78, 5) is 12.5. The van der Waals surface area contributed by atoms with Gasteiger partial charge in [0.1, 0.15) is 0 Å². The number of anilines is 2. The third-order valence-corrected chi connectivity index (χ3v) is 3.96. The first-order chi connectivity index (χ1) is 11.8. The molecule has 0 aliphatic heterocycles. The van der Waals surface area contributed by atoms with Crippen molar-refractivity contribution in [1.29, 1.82) is 0 Å². The van der Waals surface area contributed by atoms with Crippen molar-refractivity contribution in [3.8, 4) is 11.5 Å². The molecular formula is C20H26N2O3. The monoisotopic (exact) mass is 342 g/mol. The largest absolute Gasteiger partial charge is 0.493 e. The number of para-hydroxylation sites is 1. The Labute approximate surface area is 149 Å². The van der Waals surface area contributed by atoms with Gasteiger partial charge in [-0.05, 0) is 35.6 Å². The zero-order valence-corrected chi connectivity index (χ0v) is 15.7. The number of ether oxygens (including phenoxy) is 2. The Morgan fingerprint density at radius 2 is 1.64 bits per heavy atom. The Morgan fingerprint density at radius 3 is 2.24 bits per heavy atom. The minimum Gasteiger partial charge on any atom is -0.493 e. The molecule has 2 aromatic carbocycles. The van der Waals surface area contributed by atoms with Crippen LogP contribution in [0.2, 0.25) is 0 Å². The molecule has 0 bridgehead atoms. The predicted octanol–water partition coefficient (Wildman–Crippen LogP) is 4.95. The summed E-state index contributed by atoms with van der Waals surface area (Å²) in [7, 11) is 3.13. The lowest BCUT2D eigenvalue weighted by Crippen LogP contribution is -2.23. The van der Waals surface area contributed by atoms with Crippen LogP contribution < -0.4 is 20.1 Å². The number of amides is 2. The number of methoxy groups -OCH3 is 2. The van der Waals surface area contributed by atoms with Crippen LogP contribution in [0.25, 0.3) is 0 Å². The molecule has 5 heteroatoms. The van der Waals surface area contributed by atoms with Crippen LogP contribution in [-0.4, -0.2) is 20.3 Å². The van der Waals surface area contributed by atoms with Crippen LogP contribution >= 0.6 is 0 Å². The Hall–Kier alpha value is -2.69. The summed E-state index contributed by atoms with van der Waals surface area (Å²) in [5.41, 5.74) is 3.51. The summed E-state index contributed by atoms with van der Waals surface area (Å²) in [6, 6.07) is 11.0. The van der Waals surface area contributed by atoms with Gasteiger partial charge in [0, 0.05) is 17.4 Å². The van der Waals surface area contributed by atoms with E-state index in [4.69, 9.17) is 9.47 Å². The molecular weight excluding hydrogens is 316 g/mol. The van der Waals surface area contributed by atoms with Gasteiger partial charge in [0.25, 0.3) is 0 Å². The van der Waals surface area contributed by atoms with Crippen molar-refractivity contribution >= 4 is 17.4 Å². The molecule has 0 atom stereocenters. The molecule has 2 rings (SSSR count). The van der Waals surface area contributed by atoms with Crippen LogP contribution in [0.15, 0.2) is 36.4 Å². The van der Waals surface area contributed by atoms with E-state index in [-0.39, 0.29) is 11.4 Å². The van der Waals surface area contributed by atoms with Crippen LogP contribution in [0.1, 0.15) is 31.9 Å². The number of nitrogens with one attached hydrogen (secondary N) is 2. The van der Waals surface area contributed by atoms with E-state index in [1.54, 1.807) is 32.4 Å². The number of hydrogen-bond acceptors (Lipinski definition) is 3. The molecule has 0 aromatic heterocycles. The Balaban J connectivity index is 2.22. The first-order valence-electron chi connectivity index (χ1n) is 8.16.